The van der Waals surface area contributed by atoms with E-state index in [0.29, 0.717) is 0 Å². The molecule has 246 valence electrons. The number of H-pyrrole nitrogens is 2. The molecule has 0 saturated carbocycles. The number of nitrogens with zero attached hydrogens (tertiary/aromatic N) is 2. The number of imidazole rings is 2. The van der Waals surface area contributed by atoms with Gasteiger partial charge in [-0.2, -0.15) is 0 Å². The summed E-state index contributed by atoms with van der Waals surface area (Å²) in [4.78, 5) is 17.5. The summed E-state index contributed by atoms with van der Waals surface area (Å²) < 4.78 is 17.2. The number of ether oxygens (including phenoxy) is 2. The van der Waals surface area contributed by atoms with Crippen LogP contribution in [0, 0.1) is 0 Å². The predicted octanol–water partition coefficient (Wildman–Crippen LogP) is 11.1. The molecule has 0 radical (unpaired) electrons. The fraction of sp³-hybridized carbons (Fsp3) is 0.0455. The Morgan fingerprint density at radius 3 is 1.22 bits per heavy atom. The molecule has 6 aromatic carbocycles. The molecule has 0 aliphatic rings. The second-order valence-electron chi connectivity index (χ2n) is 12.3. The fourth-order valence-corrected chi connectivity index (χ4v) is 6.63. The van der Waals surface area contributed by atoms with E-state index in [9.17, 15) is 0 Å². The minimum Gasteiger partial charge on any atom is -0.497 e. The first-order valence-electron chi connectivity index (χ1n) is 16.7. The van der Waals surface area contributed by atoms with Crippen molar-refractivity contribution in [1.82, 2.24) is 19.9 Å². The highest BCUT2D eigenvalue weighted by Crippen LogP contribution is 2.40. The number of furan rings is 1. The van der Waals surface area contributed by atoms with Crippen molar-refractivity contribution in [2.75, 3.05) is 14.2 Å². The lowest BCUT2D eigenvalue weighted by molar-refractivity contribution is 0.415. The highest BCUT2D eigenvalue weighted by atomic mass is 16.5. The SMILES string of the molecule is COc1ccc(-c2nc(-c3ccccc3)c(-c3ccc4oc5ccc(-c6[nH]c(-c7ccc(OC)cc7)nc6-c6ccccc6)cc5c4c3)[nH]2)cc1. The van der Waals surface area contributed by atoms with Gasteiger partial charge in [-0.3, -0.25) is 0 Å². The smallest absolute Gasteiger partial charge is 0.138 e. The maximum Gasteiger partial charge on any atom is 0.138 e. The van der Waals surface area contributed by atoms with Crippen LogP contribution in [0.2, 0.25) is 0 Å². The second kappa shape index (κ2) is 12.5. The van der Waals surface area contributed by atoms with Gasteiger partial charge in [-0.1, -0.05) is 60.7 Å². The third-order valence-corrected chi connectivity index (χ3v) is 9.28. The number of aromatic nitrogens is 4. The Balaban J connectivity index is 1.18. The number of methoxy groups -OCH3 is 2. The number of fused-ring (bicyclic) bond motifs is 3. The van der Waals surface area contributed by atoms with E-state index in [1.54, 1.807) is 14.2 Å². The lowest BCUT2D eigenvalue weighted by atomic mass is 10.0. The van der Waals surface area contributed by atoms with Gasteiger partial charge in [0.15, 0.2) is 0 Å². The molecule has 9 aromatic rings. The zero-order valence-electron chi connectivity index (χ0n) is 28.0. The van der Waals surface area contributed by atoms with Gasteiger partial charge in [-0.05, 0) is 84.9 Å². The number of aromatic amines is 2. The normalized spacial score (nSPS) is 11.3. The summed E-state index contributed by atoms with van der Waals surface area (Å²) in [5.41, 5.74) is 11.3. The van der Waals surface area contributed by atoms with Crippen LogP contribution >= 0.6 is 0 Å². The van der Waals surface area contributed by atoms with Crippen LogP contribution in [0.3, 0.4) is 0 Å². The number of nitrogens with one attached hydrogen (secondary N) is 2. The molecule has 7 nitrogen and oxygen atoms in total. The van der Waals surface area contributed by atoms with Gasteiger partial charge in [0.2, 0.25) is 0 Å². The molecular formula is C44H32N4O3. The van der Waals surface area contributed by atoms with Crippen molar-refractivity contribution >= 4 is 21.9 Å². The van der Waals surface area contributed by atoms with Gasteiger partial charge in [-0.25, -0.2) is 9.97 Å². The molecule has 0 atom stereocenters. The summed E-state index contributed by atoms with van der Waals surface area (Å²) in [5, 5.41) is 2.03. The maximum atomic E-state index is 6.38. The molecule has 51 heavy (non-hydrogen) atoms. The molecule has 3 aromatic heterocycles. The van der Waals surface area contributed by atoms with E-state index >= 15 is 0 Å². The largest absolute Gasteiger partial charge is 0.497 e. The lowest BCUT2D eigenvalue weighted by Gasteiger charge is -2.05. The molecule has 7 heteroatoms. The van der Waals surface area contributed by atoms with Crippen molar-refractivity contribution in [3.05, 3.63) is 146 Å². The van der Waals surface area contributed by atoms with Crippen LogP contribution in [0.5, 0.6) is 11.5 Å². The summed E-state index contributed by atoms with van der Waals surface area (Å²) in [6, 6.07) is 49.0. The number of hydrogen-bond acceptors (Lipinski definition) is 5. The van der Waals surface area contributed by atoms with Crippen LogP contribution < -0.4 is 9.47 Å². The molecule has 0 aliphatic heterocycles. The Bertz CT molecular complexity index is 2450. The second-order valence-corrected chi connectivity index (χ2v) is 12.3. The van der Waals surface area contributed by atoms with Crippen LogP contribution in [-0.2, 0) is 0 Å². The van der Waals surface area contributed by atoms with Crippen molar-refractivity contribution in [3.63, 3.8) is 0 Å². The third kappa shape index (κ3) is 5.51. The average molecular weight is 665 g/mol. The number of benzene rings is 6. The Kier molecular flexibility index (Phi) is 7.43. The van der Waals surface area contributed by atoms with E-state index in [2.05, 4.69) is 58.5 Å². The van der Waals surface area contributed by atoms with Gasteiger partial charge in [0, 0.05) is 44.2 Å². The number of rotatable bonds is 8. The van der Waals surface area contributed by atoms with Crippen LogP contribution in [0.25, 0.3) is 89.7 Å². The first kappa shape index (κ1) is 30.2. The Morgan fingerprint density at radius 1 is 0.431 bits per heavy atom. The molecule has 0 unspecified atom stereocenters. The molecule has 0 aliphatic carbocycles. The molecular weight excluding hydrogens is 633 g/mol. The molecule has 0 amide bonds. The van der Waals surface area contributed by atoms with Crippen LogP contribution in [0.1, 0.15) is 0 Å². The van der Waals surface area contributed by atoms with Crippen molar-refractivity contribution < 1.29 is 13.9 Å². The Morgan fingerprint density at radius 2 is 0.824 bits per heavy atom. The van der Waals surface area contributed by atoms with Crippen molar-refractivity contribution in [2.24, 2.45) is 0 Å². The van der Waals surface area contributed by atoms with E-state index in [1.807, 2.05) is 97.1 Å². The summed E-state index contributed by atoms with van der Waals surface area (Å²) in [6.07, 6.45) is 0. The summed E-state index contributed by atoms with van der Waals surface area (Å²) in [5.74, 6) is 3.17. The molecule has 3 heterocycles. The van der Waals surface area contributed by atoms with Crippen LogP contribution in [0.15, 0.2) is 150 Å². The van der Waals surface area contributed by atoms with Gasteiger partial charge < -0.3 is 23.9 Å². The van der Waals surface area contributed by atoms with Crippen molar-refractivity contribution in [2.45, 2.75) is 0 Å². The topological polar surface area (TPSA) is 89.0 Å². The first-order chi connectivity index (χ1) is 25.1. The van der Waals surface area contributed by atoms with E-state index in [0.717, 1.165) is 101 Å². The predicted molar refractivity (Wildman–Crippen MR) is 204 cm³/mol. The van der Waals surface area contributed by atoms with E-state index < -0.39 is 0 Å². The van der Waals surface area contributed by atoms with E-state index in [1.165, 1.54) is 0 Å². The summed E-state index contributed by atoms with van der Waals surface area (Å²) >= 11 is 0. The summed E-state index contributed by atoms with van der Waals surface area (Å²) in [6.45, 7) is 0. The average Bonchev–Trinajstić information content (AvgIpc) is 3.94. The summed E-state index contributed by atoms with van der Waals surface area (Å²) in [7, 11) is 3.34. The molecule has 2 N–H and O–H groups in total. The third-order valence-electron chi connectivity index (χ3n) is 9.28. The van der Waals surface area contributed by atoms with Gasteiger partial charge in [-0.15, -0.1) is 0 Å². The van der Waals surface area contributed by atoms with E-state index in [4.69, 9.17) is 23.9 Å². The minimum atomic E-state index is 0.784. The zero-order valence-corrected chi connectivity index (χ0v) is 28.0. The molecule has 0 fully saturated rings. The standard InChI is InChI=1S/C44H32N4O3/c1-49-33-19-13-29(14-20-33)43-45-39(27-9-5-3-6-10-27)41(47-43)31-17-23-37-35(25-31)36-26-32(18-24-38(36)51-37)42-40(28-11-7-4-8-12-28)46-44(48-42)30-15-21-34(50-2)22-16-30/h3-26H,1-2H3,(H,45,47)(H,46,48). The quantitative estimate of drug-likeness (QED) is 0.169. The molecule has 0 spiro atoms. The Labute approximate surface area is 294 Å². The molecule has 0 saturated heterocycles. The number of hydrogen-bond donors (Lipinski definition) is 2. The molecule has 0 bridgehead atoms. The minimum absolute atomic E-state index is 0.784. The lowest BCUT2D eigenvalue weighted by Crippen LogP contribution is -1.85. The molecule has 9 rings (SSSR count). The monoisotopic (exact) mass is 664 g/mol. The van der Waals surface area contributed by atoms with Crippen molar-refractivity contribution in [1.29, 1.82) is 0 Å². The highest BCUT2D eigenvalue weighted by Gasteiger charge is 2.20. The fourth-order valence-electron chi connectivity index (χ4n) is 6.63. The van der Waals surface area contributed by atoms with Crippen LogP contribution in [0.4, 0.5) is 0 Å². The highest BCUT2D eigenvalue weighted by molar-refractivity contribution is 6.08. The van der Waals surface area contributed by atoms with Gasteiger partial charge in [0.25, 0.3) is 0 Å². The van der Waals surface area contributed by atoms with Gasteiger partial charge >= 0.3 is 0 Å². The van der Waals surface area contributed by atoms with Gasteiger partial charge in [0.1, 0.15) is 34.3 Å². The van der Waals surface area contributed by atoms with Crippen LogP contribution in [-0.4, -0.2) is 34.2 Å². The Hall–Kier alpha value is -6.86. The zero-order chi connectivity index (χ0) is 34.3. The first-order valence-corrected chi connectivity index (χ1v) is 16.7. The van der Waals surface area contributed by atoms with E-state index in [-0.39, 0.29) is 0 Å². The maximum absolute atomic E-state index is 6.38. The van der Waals surface area contributed by atoms with Crippen molar-refractivity contribution in [3.8, 4) is 79.3 Å². The van der Waals surface area contributed by atoms with Gasteiger partial charge in [0.05, 0.1) is 37.0 Å².